The molecule has 0 saturated carbocycles. The third-order valence-corrected chi connectivity index (χ3v) is 3.47. The first-order valence-corrected chi connectivity index (χ1v) is 6.83. The quantitative estimate of drug-likeness (QED) is 0.805. The lowest BCUT2D eigenvalue weighted by Gasteiger charge is -2.26. The molecule has 0 aliphatic carbocycles. The lowest BCUT2D eigenvalue weighted by molar-refractivity contribution is 0.298. The molecule has 1 aromatic carbocycles. The average molecular weight is 306 g/mol. The van der Waals surface area contributed by atoms with Crippen LogP contribution in [0.5, 0.6) is 0 Å². The molecular formula is C15H13ClFN3O. The van der Waals surface area contributed by atoms with E-state index in [4.69, 9.17) is 11.6 Å². The number of fused-ring (bicyclic) bond motifs is 1. The Morgan fingerprint density at radius 1 is 1.29 bits per heavy atom. The molecule has 108 valence electrons. The number of halogens is 2. The number of hydrogen-bond donors (Lipinski definition) is 1. The van der Waals surface area contributed by atoms with Crippen molar-refractivity contribution in [1.82, 2.24) is 9.66 Å². The van der Waals surface area contributed by atoms with Crippen molar-refractivity contribution in [3.63, 3.8) is 0 Å². The molecule has 1 N–H and O–H groups in total. The van der Waals surface area contributed by atoms with Crippen LogP contribution in [0.1, 0.15) is 0 Å². The molecule has 3 aromatic rings. The van der Waals surface area contributed by atoms with Gasteiger partial charge < -0.3 is 5.11 Å². The van der Waals surface area contributed by atoms with Crippen molar-refractivity contribution < 1.29 is 9.50 Å². The summed E-state index contributed by atoms with van der Waals surface area (Å²) in [7, 11) is 0. The van der Waals surface area contributed by atoms with Gasteiger partial charge in [0.25, 0.3) is 0 Å². The van der Waals surface area contributed by atoms with Gasteiger partial charge in [-0.15, -0.1) is 0 Å². The topological polar surface area (TPSA) is 41.3 Å². The van der Waals surface area contributed by atoms with Crippen molar-refractivity contribution in [2.24, 2.45) is 0 Å². The third kappa shape index (κ3) is 2.57. The zero-order chi connectivity index (χ0) is 14.8. The van der Waals surface area contributed by atoms with Gasteiger partial charge in [-0.2, -0.15) is 0 Å². The Morgan fingerprint density at radius 2 is 2.14 bits per heavy atom. The molecule has 4 nitrogen and oxygen atoms in total. The number of benzene rings is 1. The van der Waals surface area contributed by atoms with Crippen LogP contribution in [0.4, 0.5) is 10.1 Å². The van der Waals surface area contributed by atoms with Crippen molar-refractivity contribution in [1.29, 1.82) is 0 Å². The van der Waals surface area contributed by atoms with Gasteiger partial charge in [-0.1, -0.05) is 17.7 Å². The molecule has 0 atom stereocenters. The maximum Gasteiger partial charge on any atom is 0.166 e. The van der Waals surface area contributed by atoms with Crippen molar-refractivity contribution in [3.05, 3.63) is 59.8 Å². The van der Waals surface area contributed by atoms with Crippen LogP contribution < -0.4 is 5.01 Å². The molecule has 6 heteroatoms. The summed E-state index contributed by atoms with van der Waals surface area (Å²) in [6, 6.07) is 8.99. The van der Waals surface area contributed by atoms with Crippen molar-refractivity contribution >= 4 is 28.2 Å². The van der Waals surface area contributed by atoms with E-state index >= 15 is 0 Å². The molecule has 3 rings (SSSR count). The Bertz CT molecular complexity index is 774. The van der Waals surface area contributed by atoms with Gasteiger partial charge in [0.2, 0.25) is 0 Å². The smallest absolute Gasteiger partial charge is 0.166 e. The highest BCUT2D eigenvalue weighted by atomic mass is 35.5. The molecule has 21 heavy (non-hydrogen) atoms. The van der Waals surface area contributed by atoms with E-state index in [-0.39, 0.29) is 13.2 Å². The zero-order valence-electron chi connectivity index (χ0n) is 11.1. The predicted octanol–water partition coefficient (Wildman–Crippen LogP) is 3.09. The highest BCUT2D eigenvalue weighted by Crippen LogP contribution is 2.25. The van der Waals surface area contributed by atoms with Crippen LogP contribution in [0.25, 0.3) is 10.9 Å². The van der Waals surface area contributed by atoms with Crippen LogP contribution >= 0.6 is 11.6 Å². The molecule has 0 spiro atoms. The van der Waals surface area contributed by atoms with Crippen molar-refractivity contribution in [3.8, 4) is 0 Å². The van der Waals surface area contributed by atoms with Crippen LogP contribution in [0.15, 0.2) is 48.9 Å². The highest BCUT2D eigenvalue weighted by Gasteiger charge is 2.15. The minimum Gasteiger partial charge on any atom is -0.394 e. The summed E-state index contributed by atoms with van der Waals surface area (Å²) >= 11 is 6.04. The van der Waals surface area contributed by atoms with Crippen LogP contribution in [0.2, 0.25) is 5.02 Å². The Morgan fingerprint density at radius 3 is 2.90 bits per heavy atom. The number of aliphatic hydroxyl groups excluding tert-OH is 1. The number of anilines is 1. The molecule has 0 radical (unpaired) electrons. The largest absolute Gasteiger partial charge is 0.394 e. The summed E-state index contributed by atoms with van der Waals surface area (Å²) in [5, 5.41) is 12.5. The van der Waals surface area contributed by atoms with Gasteiger partial charge in [-0.3, -0.25) is 14.7 Å². The lowest BCUT2D eigenvalue weighted by atomic mass is 10.2. The van der Waals surface area contributed by atoms with Gasteiger partial charge in [0.05, 0.1) is 30.6 Å². The molecule has 2 heterocycles. The van der Waals surface area contributed by atoms with E-state index in [2.05, 4.69) is 4.98 Å². The van der Waals surface area contributed by atoms with E-state index in [1.165, 1.54) is 6.20 Å². The number of aromatic nitrogens is 2. The minimum atomic E-state index is -0.449. The fourth-order valence-corrected chi connectivity index (χ4v) is 2.48. The van der Waals surface area contributed by atoms with Gasteiger partial charge in [0.15, 0.2) is 5.82 Å². The van der Waals surface area contributed by atoms with Gasteiger partial charge in [0.1, 0.15) is 0 Å². The van der Waals surface area contributed by atoms with Crippen molar-refractivity contribution in [2.75, 3.05) is 18.2 Å². The molecule has 0 bridgehead atoms. The number of nitrogens with zero attached hydrogens (tertiary/aromatic N) is 3. The molecular weight excluding hydrogens is 293 g/mol. The predicted molar refractivity (Wildman–Crippen MR) is 81.0 cm³/mol. The first-order valence-electron chi connectivity index (χ1n) is 6.45. The second-order valence-corrected chi connectivity index (χ2v) is 4.97. The van der Waals surface area contributed by atoms with E-state index in [0.29, 0.717) is 10.7 Å². The Balaban J connectivity index is 2.16. The lowest BCUT2D eigenvalue weighted by Crippen LogP contribution is -2.32. The molecule has 2 aromatic heterocycles. The number of pyridine rings is 1. The second kappa shape index (κ2) is 5.71. The Kier molecular flexibility index (Phi) is 3.77. The first-order chi connectivity index (χ1) is 10.2. The maximum atomic E-state index is 14.0. The highest BCUT2D eigenvalue weighted by molar-refractivity contribution is 6.31. The second-order valence-electron chi connectivity index (χ2n) is 4.54. The number of rotatable bonds is 4. The summed E-state index contributed by atoms with van der Waals surface area (Å²) in [6.07, 6.45) is 4.48. The summed E-state index contributed by atoms with van der Waals surface area (Å²) in [4.78, 5) is 3.75. The Labute approximate surface area is 126 Å². The molecule has 0 fully saturated rings. The normalized spacial score (nSPS) is 11.0. The molecule has 0 aliphatic rings. The van der Waals surface area contributed by atoms with E-state index in [9.17, 15) is 9.50 Å². The summed E-state index contributed by atoms with van der Waals surface area (Å²) < 4.78 is 15.8. The molecule has 0 saturated heterocycles. The standard InChI is InChI=1S/C15H13ClFN3O/c16-12-2-1-11-4-6-19(15(11)9-12)20(7-8-21)14-3-5-18-10-13(14)17/h1-6,9-10,21H,7-8H2. The van der Waals surface area contributed by atoms with Gasteiger partial charge >= 0.3 is 0 Å². The number of aliphatic hydroxyl groups is 1. The fraction of sp³-hybridized carbons (Fsp3) is 0.133. The van der Waals surface area contributed by atoms with Gasteiger partial charge in [0, 0.05) is 22.8 Å². The first kappa shape index (κ1) is 13.9. The van der Waals surface area contributed by atoms with Crippen LogP contribution in [0.3, 0.4) is 0 Å². The van der Waals surface area contributed by atoms with E-state index in [1.54, 1.807) is 27.9 Å². The van der Waals surface area contributed by atoms with E-state index in [0.717, 1.165) is 17.1 Å². The van der Waals surface area contributed by atoms with Gasteiger partial charge in [-0.25, -0.2) is 4.39 Å². The van der Waals surface area contributed by atoms with Crippen molar-refractivity contribution in [2.45, 2.75) is 0 Å². The molecule has 0 amide bonds. The van der Waals surface area contributed by atoms with E-state index in [1.807, 2.05) is 18.3 Å². The summed E-state index contributed by atoms with van der Waals surface area (Å²) in [5.41, 5.74) is 1.18. The summed E-state index contributed by atoms with van der Waals surface area (Å²) in [6.45, 7) is 0.138. The number of hydrogen-bond acceptors (Lipinski definition) is 3. The van der Waals surface area contributed by atoms with E-state index < -0.39 is 5.82 Å². The monoisotopic (exact) mass is 305 g/mol. The van der Waals surface area contributed by atoms with Gasteiger partial charge in [-0.05, 0) is 24.3 Å². The van der Waals surface area contributed by atoms with Crippen LogP contribution in [0, 0.1) is 5.82 Å². The Hall–Kier alpha value is -2.11. The average Bonchev–Trinajstić information content (AvgIpc) is 2.88. The van der Waals surface area contributed by atoms with Crippen LogP contribution in [-0.2, 0) is 0 Å². The molecule has 0 aliphatic heterocycles. The zero-order valence-corrected chi connectivity index (χ0v) is 11.8. The maximum absolute atomic E-state index is 14.0. The molecule has 0 unspecified atom stereocenters. The fourth-order valence-electron chi connectivity index (χ4n) is 2.31. The third-order valence-electron chi connectivity index (χ3n) is 3.24. The van der Waals surface area contributed by atoms with Crippen LogP contribution in [-0.4, -0.2) is 27.9 Å². The SMILES string of the molecule is OCCN(c1ccncc1F)n1ccc2ccc(Cl)cc21. The minimum absolute atomic E-state index is 0.109. The summed E-state index contributed by atoms with van der Waals surface area (Å²) in [5.74, 6) is -0.449.